The molecule has 26 heavy (non-hydrogen) atoms. The van der Waals surface area contributed by atoms with Crippen molar-refractivity contribution in [2.75, 3.05) is 37.6 Å². The van der Waals surface area contributed by atoms with Gasteiger partial charge in [-0.1, -0.05) is 36.4 Å². The topological polar surface area (TPSA) is 44.8 Å². The van der Waals surface area contributed by atoms with E-state index in [2.05, 4.69) is 28.4 Å². The minimum atomic E-state index is -0.231. The SMILES string of the molecule is O=C(OCc1ccccc1)N1CCc2cc(N3CCNCC3)ccc2C1. The summed E-state index contributed by atoms with van der Waals surface area (Å²) < 4.78 is 5.47. The van der Waals surface area contributed by atoms with Crippen molar-refractivity contribution < 1.29 is 9.53 Å². The van der Waals surface area contributed by atoms with Crippen LogP contribution in [-0.4, -0.2) is 43.7 Å². The van der Waals surface area contributed by atoms with Gasteiger partial charge < -0.3 is 19.9 Å². The fourth-order valence-electron chi connectivity index (χ4n) is 3.63. The Morgan fingerprint density at radius 2 is 1.81 bits per heavy atom. The van der Waals surface area contributed by atoms with E-state index in [1.807, 2.05) is 30.3 Å². The van der Waals surface area contributed by atoms with Gasteiger partial charge in [0.15, 0.2) is 0 Å². The van der Waals surface area contributed by atoms with Crippen molar-refractivity contribution in [2.45, 2.75) is 19.6 Å². The molecule has 1 fully saturated rings. The van der Waals surface area contributed by atoms with Crippen molar-refractivity contribution in [2.24, 2.45) is 0 Å². The summed E-state index contributed by atoms with van der Waals surface area (Å²) in [4.78, 5) is 16.6. The summed E-state index contributed by atoms with van der Waals surface area (Å²) in [6, 6.07) is 16.5. The molecule has 5 nitrogen and oxygen atoms in total. The zero-order valence-corrected chi connectivity index (χ0v) is 15.0. The normalized spacial score (nSPS) is 16.9. The number of nitrogens with one attached hydrogen (secondary N) is 1. The Balaban J connectivity index is 1.37. The van der Waals surface area contributed by atoms with Crippen LogP contribution >= 0.6 is 0 Å². The Bertz CT molecular complexity index is 757. The van der Waals surface area contributed by atoms with Crippen molar-refractivity contribution in [1.29, 1.82) is 0 Å². The van der Waals surface area contributed by atoms with Crippen LogP contribution in [0.2, 0.25) is 0 Å². The zero-order chi connectivity index (χ0) is 17.8. The average molecular weight is 351 g/mol. The molecule has 0 spiro atoms. The Labute approximate surface area is 154 Å². The van der Waals surface area contributed by atoms with E-state index in [0.717, 1.165) is 38.2 Å². The fraction of sp³-hybridized carbons (Fsp3) is 0.381. The van der Waals surface area contributed by atoms with Crippen LogP contribution < -0.4 is 10.2 Å². The predicted octanol–water partition coefficient (Wildman–Crippen LogP) is 2.79. The standard InChI is InChI=1S/C21H25N3O2/c25-21(26-16-17-4-2-1-3-5-17)24-11-8-18-14-20(7-6-19(18)15-24)23-12-9-22-10-13-23/h1-7,14,22H,8-13,15-16H2. The highest BCUT2D eigenvalue weighted by molar-refractivity contribution is 5.68. The van der Waals surface area contributed by atoms with E-state index in [0.29, 0.717) is 19.7 Å². The predicted molar refractivity (Wildman–Crippen MR) is 102 cm³/mol. The first kappa shape index (κ1) is 16.9. The second kappa shape index (κ2) is 7.79. The third-order valence-corrected chi connectivity index (χ3v) is 5.15. The minimum absolute atomic E-state index is 0.231. The van der Waals surface area contributed by atoms with Gasteiger partial charge in [-0.05, 0) is 35.2 Å². The molecule has 1 amide bonds. The molecule has 2 aliphatic rings. The molecule has 4 rings (SSSR count). The Hall–Kier alpha value is -2.53. The van der Waals surface area contributed by atoms with Crippen LogP contribution in [0.5, 0.6) is 0 Å². The van der Waals surface area contributed by atoms with Gasteiger partial charge in [-0.3, -0.25) is 0 Å². The highest BCUT2D eigenvalue weighted by Gasteiger charge is 2.23. The molecule has 2 heterocycles. The lowest BCUT2D eigenvalue weighted by molar-refractivity contribution is 0.0918. The van der Waals surface area contributed by atoms with Crippen LogP contribution in [0.15, 0.2) is 48.5 Å². The molecule has 5 heteroatoms. The average Bonchev–Trinajstić information content (AvgIpc) is 2.72. The van der Waals surface area contributed by atoms with Crippen LogP contribution in [0.4, 0.5) is 10.5 Å². The third-order valence-electron chi connectivity index (χ3n) is 5.15. The van der Waals surface area contributed by atoms with Crippen molar-refractivity contribution >= 4 is 11.8 Å². The van der Waals surface area contributed by atoms with Crippen LogP contribution in [-0.2, 0) is 24.3 Å². The van der Waals surface area contributed by atoms with E-state index in [4.69, 9.17) is 4.74 Å². The molecule has 0 bridgehead atoms. The minimum Gasteiger partial charge on any atom is -0.445 e. The first-order valence-electron chi connectivity index (χ1n) is 9.33. The molecule has 0 saturated carbocycles. The second-order valence-corrected chi connectivity index (χ2v) is 6.90. The Kier molecular flexibility index (Phi) is 5.07. The Morgan fingerprint density at radius 3 is 2.62 bits per heavy atom. The Morgan fingerprint density at radius 1 is 1.00 bits per heavy atom. The number of hydrogen-bond acceptors (Lipinski definition) is 4. The molecule has 1 N–H and O–H groups in total. The maximum atomic E-state index is 12.4. The lowest BCUT2D eigenvalue weighted by atomic mass is 9.99. The van der Waals surface area contributed by atoms with E-state index in [9.17, 15) is 4.79 Å². The fourth-order valence-corrected chi connectivity index (χ4v) is 3.63. The number of hydrogen-bond donors (Lipinski definition) is 1. The first-order valence-corrected chi connectivity index (χ1v) is 9.33. The molecular weight excluding hydrogens is 326 g/mol. The molecule has 136 valence electrons. The molecular formula is C21H25N3O2. The van der Waals surface area contributed by atoms with Gasteiger partial charge in [0.25, 0.3) is 0 Å². The summed E-state index contributed by atoms with van der Waals surface area (Å²) in [5.74, 6) is 0. The van der Waals surface area contributed by atoms with Gasteiger partial charge in [-0.2, -0.15) is 0 Å². The van der Waals surface area contributed by atoms with Gasteiger partial charge in [-0.25, -0.2) is 4.79 Å². The quantitative estimate of drug-likeness (QED) is 0.924. The number of amides is 1. The molecule has 0 aromatic heterocycles. The van der Waals surface area contributed by atoms with Crippen molar-refractivity contribution in [3.8, 4) is 0 Å². The number of rotatable bonds is 3. The second-order valence-electron chi connectivity index (χ2n) is 6.90. The lowest BCUT2D eigenvalue weighted by Crippen LogP contribution is -2.43. The summed E-state index contributed by atoms with van der Waals surface area (Å²) in [5, 5.41) is 3.39. The van der Waals surface area contributed by atoms with E-state index < -0.39 is 0 Å². The lowest BCUT2D eigenvalue weighted by Gasteiger charge is -2.32. The summed E-state index contributed by atoms with van der Waals surface area (Å²) in [5.41, 5.74) is 4.89. The highest BCUT2D eigenvalue weighted by atomic mass is 16.6. The number of piperazine rings is 1. The number of ether oxygens (including phenoxy) is 1. The van der Waals surface area contributed by atoms with Crippen LogP contribution in [0.25, 0.3) is 0 Å². The highest BCUT2D eigenvalue weighted by Crippen LogP contribution is 2.25. The first-order chi connectivity index (χ1) is 12.8. The number of benzene rings is 2. The smallest absolute Gasteiger partial charge is 0.410 e. The van der Waals surface area contributed by atoms with Crippen molar-refractivity contribution in [3.05, 3.63) is 65.2 Å². The molecule has 0 aliphatic carbocycles. The van der Waals surface area contributed by atoms with Gasteiger partial charge in [-0.15, -0.1) is 0 Å². The molecule has 2 aliphatic heterocycles. The van der Waals surface area contributed by atoms with Crippen LogP contribution in [0.1, 0.15) is 16.7 Å². The molecule has 2 aromatic carbocycles. The zero-order valence-electron chi connectivity index (χ0n) is 15.0. The van der Waals surface area contributed by atoms with Crippen molar-refractivity contribution in [1.82, 2.24) is 10.2 Å². The molecule has 1 saturated heterocycles. The van der Waals surface area contributed by atoms with E-state index in [1.54, 1.807) is 4.90 Å². The van der Waals surface area contributed by atoms with Gasteiger partial charge in [0.1, 0.15) is 6.61 Å². The maximum Gasteiger partial charge on any atom is 0.410 e. The van der Waals surface area contributed by atoms with Crippen molar-refractivity contribution in [3.63, 3.8) is 0 Å². The largest absolute Gasteiger partial charge is 0.445 e. The monoisotopic (exact) mass is 351 g/mol. The summed E-state index contributed by atoms with van der Waals surface area (Å²) in [6.45, 7) is 5.85. The van der Waals surface area contributed by atoms with Gasteiger partial charge in [0.2, 0.25) is 0 Å². The maximum absolute atomic E-state index is 12.4. The summed E-state index contributed by atoms with van der Waals surface area (Å²) in [6.07, 6.45) is 0.654. The van der Waals surface area contributed by atoms with Crippen LogP contribution in [0.3, 0.4) is 0 Å². The van der Waals surface area contributed by atoms with Gasteiger partial charge in [0, 0.05) is 45.0 Å². The number of anilines is 1. The molecule has 0 atom stereocenters. The number of fused-ring (bicyclic) bond motifs is 1. The summed E-state index contributed by atoms with van der Waals surface area (Å²) in [7, 11) is 0. The number of nitrogens with zero attached hydrogens (tertiary/aromatic N) is 2. The van der Waals surface area contributed by atoms with E-state index in [1.165, 1.54) is 16.8 Å². The molecule has 0 radical (unpaired) electrons. The van der Waals surface area contributed by atoms with E-state index in [-0.39, 0.29) is 6.09 Å². The van der Waals surface area contributed by atoms with Gasteiger partial charge in [0.05, 0.1) is 0 Å². The number of carbonyl (C=O) groups is 1. The molecule has 2 aromatic rings. The third kappa shape index (κ3) is 3.83. The summed E-state index contributed by atoms with van der Waals surface area (Å²) >= 11 is 0. The van der Waals surface area contributed by atoms with Gasteiger partial charge >= 0.3 is 6.09 Å². The van der Waals surface area contributed by atoms with Crippen LogP contribution in [0, 0.1) is 0 Å². The van der Waals surface area contributed by atoms with E-state index >= 15 is 0 Å². The number of carbonyl (C=O) groups excluding carboxylic acids is 1. The molecule has 0 unspecified atom stereocenters.